The number of ether oxygens (including phenoxy) is 4. The Bertz CT molecular complexity index is 745. The first kappa shape index (κ1) is 22.0. The lowest BCUT2D eigenvalue weighted by molar-refractivity contribution is -0.0240. The Labute approximate surface area is 164 Å². The molecule has 1 amide bonds. The van der Waals surface area contributed by atoms with E-state index in [0.29, 0.717) is 18.6 Å². The molecule has 12 heteroatoms. The van der Waals surface area contributed by atoms with Crippen molar-refractivity contribution in [3.8, 4) is 0 Å². The van der Waals surface area contributed by atoms with Gasteiger partial charge < -0.3 is 18.9 Å². The lowest BCUT2D eigenvalue weighted by atomic mass is 10.5. The number of hydrogen-bond donors (Lipinski definition) is 1. The van der Waals surface area contributed by atoms with Gasteiger partial charge in [0.05, 0.1) is 19.4 Å². The van der Waals surface area contributed by atoms with Gasteiger partial charge in [-0.3, -0.25) is 9.88 Å². The smallest absolute Gasteiger partial charge is 0.449 e. The summed E-state index contributed by atoms with van der Waals surface area (Å²) in [5, 5.41) is 2.08. The van der Waals surface area contributed by atoms with Crippen molar-refractivity contribution >= 4 is 29.8 Å². The predicted octanol–water partition coefficient (Wildman–Crippen LogP) is 2.49. The molecule has 0 bridgehead atoms. The molecule has 10 nitrogen and oxygen atoms in total. The van der Waals surface area contributed by atoms with Crippen molar-refractivity contribution in [1.82, 2.24) is 9.55 Å². The molecule has 0 saturated carbocycles. The Morgan fingerprint density at radius 1 is 1.32 bits per heavy atom. The number of hydrogen-bond acceptors (Lipinski definition) is 9. The number of aromatic nitrogens is 2. The van der Waals surface area contributed by atoms with Crippen LogP contribution in [-0.4, -0.2) is 52.8 Å². The third-order valence-corrected chi connectivity index (χ3v) is 4.47. The van der Waals surface area contributed by atoms with Crippen LogP contribution in [0.15, 0.2) is 11.0 Å². The van der Waals surface area contributed by atoms with Gasteiger partial charge in [0, 0.05) is 5.75 Å². The number of thioether (sulfide) groups is 1. The highest BCUT2D eigenvalue weighted by Gasteiger charge is 2.30. The minimum Gasteiger partial charge on any atom is -0.449 e. The van der Waals surface area contributed by atoms with Crippen molar-refractivity contribution in [2.75, 3.05) is 30.9 Å². The number of carbonyl (C=O) groups is 2. The first-order valence-electron chi connectivity index (χ1n) is 8.73. The fourth-order valence-electron chi connectivity index (χ4n) is 2.11. The molecule has 1 saturated heterocycles. The van der Waals surface area contributed by atoms with E-state index in [1.54, 1.807) is 6.92 Å². The SMILES string of the molecule is CCCOC(=O)Nc1nc(=O)n([C@@H]2CS[C@H](COC(=O)OCCC)O2)cc1F. The summed E-state index contributed by atoms with van der Waals surface area (Å²) in [6.45, 7) is 4.00. The lowest BCUT2D eigenvalue weighted by Crippen LogP contribution is -2.31. The molecule has 0 spiro atoms. The molecule has 1 aromatic heterocycles. The molecule has 2 rings (SSSR count). The van der Waals surface area contributed by atoms with Gasteiger partial charge in [0.1, 0.15) is 18.3 Å². The first-order chi connectivity index (χ1) is 13.4. The highest BCUT2D eigenvalue weighted by atomic mass is 32.2. The van der Waals surface area contributed by atoms with E-state index in [-0.39, 0.29) is 19.8 Å². The summed E-state index contributed by atoms with van der Waals surface area (Å²) in [5.41, 5.74) is -1.34. The average molecular weight is 419 g/mol. The van der Waals surface area contributed by atoms with E-state index in [4.69, 9.17) is 18.9 Å². The van der Waals surface area contributed by atoms with E-state index in [2.05, 4.69) is 10.3 Å². The second kappa shape index (κ2) is 10.9. The van der Waals surface area contributed by atoms with E-state index in [1.807, 2.05) is 6.92 Å². The van der Waals surface area contributed by atoms with E-state index in [1.165, 1.54) is 11.8 Å². The highest BCUT2D eigenvalue weighted by Crippen LogP contribution is 2.31. The zero-order valence-corrected chi connectivity index (χ0v) is 16.3. The summed E-state index contributed by atoms with van der Waals surface area (Å²) in [6, 6.07) is 0. The van der Waals surface area contributed by atoms with Crippen LogP contribution in [0.25, 0.3) is 0 Å². The monoisotopic (exact) mass is 419 g/mol. The molecule has 0 aromatic carbocycles. The third kappa shape index (κ3) is 6.37. The van der Waals surface area contributed by atoms with Crippen molar-refractivity contribution < 1.29 is 32.9 Å². The molecule has 1 aliphatic heterocycles. The summed E-state index contributed by atoms with van der Waals surface area (Å²) in [7, 11) is 0. The number of amides is 1. The van der Waals surface area contributed by atoms with Gasteiger partial charge in [0.15, 0.2) is 11.6 Å². The van der Waals surface area contributed by atoms with Crippen LogP contribution < -0.4 is 11.0 Å². The van der Waals surface area contributed by atoms with Gasteiger partial charge in [-0.25, -0.2) is 18.8 Å². The second-order valence-electron chi connectivity index (χ2n) is 5.65. The molecule has 1 aliphatic rings. The van der Waals surface area contributed by atoms with Crippen LogP contribution in [0.2, 0.25) is 0 Å². The van der Waals surface area contributed by atoms with Gasteiger partial charge in [0.25, 0.3) is 0 Å². The van der Waals surface area contributed by atoms with Gasteiger partial charge in [-0.1, -0.05) is 13.8 Å². The average Bonchev–Trinajstić information content (AvgIpc) is 3.14. The number of nitrogens with zero attached hydrogens (tertiary/aromatic N) is 2. The molecule has 1 aromatic rings. The number of anilines is 1. The van der Waals surface area contributed by atoms with Gasteiger partial charge >= 0.3 is 17.9 Å². The number of carbonyl (C=O) groups excluding carboxylic acids is 2. The summed E-state index contributed by atoms with van der Waals surface area (Å²) >= 11 is 1.29. The lowest BCUT2D eigenvalue weighted by Gasteiger charge is -2.15. The Balaban J connectivity index is 1.93. The standard InChI is InChI=1S/C16H22FN3O7S/c1-3-5-24-15(22)19-13-10(17)7-20(14(21)18-13)11-9-28-12(27-11)8-26-16(23)25-6-4-2/h7,11-12H,3-6,8-9H2,1-2H3,(H,18,19,21,22)/t11-,12+/m0/s1. The zero-order valence-electron chi connectivity index (χ0n) is 15.5. The van der Waals surface area contributed by atoms with Crippen LogP contribution in [0, 0.1) is 5.82 Å². The molecule has 1 N–H and O–H groups in total. The van der Waals surface area contributed by atoms with Crippen LogP contribution in [-0.2, 0) is 18.9 Å². The van der Waals surface area contributed by atoms with Gasteiger partial charge in [-0.15, -0.1) is 11.8 Å². The molecular weight excluding hydrogens is 397 g/mol. The van der Waals surface area contributed by atoms with Crippen LogP contribution in [0.4, 0.5) is 19.8 Å². The Morgan fingerprint density at radius 2 is 2.04 bits per heavy atom. The topological polar surface area (TPSA) is 118 Å². The maximum atomic E-state index is 14.2. The minimum atomic E-state index is -0.913. The molecule has 156 valence electrons. The van der Waals surface area contributed by atoms with Gasteiger partial charge in [0.2, 0.25) is 0 Å². The maximum absolute atomic E-state index is 14.2. The molecule has 28 heavy (non-hydrogen) atoms. The maximum Gasteiger partial charge on any atom is 0.508 e. The second-order valence-corrected chi connectivity index (χ2v) is 6.84. The van der Waals surface area contributed by atoms with Crippen LogP contribution in [0.5, 0.6) is 0 Å². The molecule has 0 unspecified atom stereocenters. The highest BCUT2D eigenvalue weighted by molar-refractivity contribution is 8.00. The summed E-state index contributed by atoms with van der Waals surface area (Å²) in [4.78, 5) is 38.5. The predicted molar refractivity (Wildman–Crippen MR) is 97.7 cm³/mol. The summed E-state index contributed by atoms with van der Waals surface area (Å²) in [6.07, 6.45) is -0.317. The van der Waals surface area contributed by atoms with Gasteiger partial charge in [-0.05, 0) is 12.8 Å². The van der Waals surface area contributed by atoms with Crippen molar-refractivity contribution in [1.29, 1.82) is 0 Å². The quantitative estimate of drug-likeness (QED) is 0.634. The van der Waals surface area contributed by atoms with Crippen molar-refractivity contribution in [3.05, 3.63) is 22.5 Å². The number of nitrogens with one attached hydrogen (secondary N) is 1. The van der Waals surface area contributed by atoms with Crippen LogP contribution >= 0.6 is 11.8 Å². The normalized spacial score (nSPS) is 18.5. The summed E-state index contributed by atoms with van der Waals surface area (Å²) < 4.78 is 35.2. The molecule has 1 fully saturated rings. The number of halogens is 1. The van der Waals surface area contributed by atoms with Crippen molar-refractivity contribution in [3.63, 3.8) is 0 Å². The Hall–Kier alpha value is -2.34. The van der Waals surface area contributed by atoms with Crippen LogP contribution in [0.1, 0.15) is 32.9 Å². The molecule has 0 radical (unpaired) electrons. The first-order valence-corrected chi connectivity index (χ1v) is 9.78. The zero-order chi connectivity index (χ0) is 20.5. The Kier molecular flexibility index (Phi) is 8.51. The largest absolute Gasteiger partial charge is 0.508 e. The van der Waals surface area contributed by atoms with E-state index >= 15 is 0 Å². The van der Waals surface area contributed by atoms with E-state index in [0.717, 1.165) is 10.8 Å². The molecular formula is C16H22FN3O7S. The Morgan fingerprint density at radius 3 is 2.75 bits per heavy atom. The van der Waals surface area contributed by atoms with Crippen LogP contribution in [0.3, 0.4) is 0 Å². The van der Waals surface area contributed by atoms with Gasteiger partial charge in [-0.2, -0.15) is 4.98 Å². The molecule has 2 atom stereocenters. The van der Waals surface area contributed by atoms with Crippen molar-refractivity contribution in [2.45, 2.75) is 38.4 Å². The van der Waals surface area contributed by atoms with Crippen molar-refractivity contribution in [2.24, 2.45) is 0 Å². The van der Waals surface area contributed by atoms with E-state index in [9.17, 15) is 18.8 Å². The van der Waals surface area contributed by atoms with E-state index < -0.39 is 41.2 Å². The number of rotatable bonds is 8. The molecule has 0 aliphatic carbocycles. The molecule has 2 heterocycles. The minimum absolute atomic E-state index is 0.0721. The third-order valence-electron chi connectivity index (χ3n) is 3.37. The summed E-state index contributed by atoms with van der Waals surface area (Å²) in [5.74, 6) is -1.11. The fraction of sp³-hybridized carbons (Fsp3) is 0.625. The fourth-order valence-corrected chi connectivity index (χ4v) is 3.10.